The van der Waals surface area contributed by atoms with Crippen LogP contribution < -0.4 is 27.4 Å². The molecule has 0 aliphatic carbocycles. The number of carbonyl (C=O) groups excluding carboxylic acids is 4. The van der Waals surface area contributed by atoms with Crippen LogP contribution >= 0.6 is 0 Å². The number of nitrogens with one attached hydrogen (secondary N) is 3. The summed E-state index contributed by atoms with van der Waals surface area (Å²) < 4.78 is 11.5. The Hall–Kier alpha value is -4.88. The maximum Gasteiger partial charge on any atom is 0.315 e. The molecule has 0 aliphatic heterocycles. The maximum atomic E-state index is 12.8. The van der Waals surface area contributed by atoms with E-state index in [1.54, 1.807) is 52.2 Å². The molecular formula is C39H63N10O8+. The highest BCUT2D eigenvalue weighted by Gasteiger charge is 2.30. The third kappa shape index (κ3) is 17.9. The molecule has 0 unspecified atom stereocenters. The standard InChI is InChI=1S/C39H62N10O8/c1-37(2,20-24-56-38(3,4)19-23-50)46-31(54)17-9-15-29(52)44-27-13-11-21-42-33(27)35(40)47-48-36(41)34-28(14-12-22-43-34)45-30(53)16-10-18-32(55)49(7,8)26-57-39(5,6)25-51/h11-14,21-22,50-51H,9-10,15-20,23-26H2,1-8H3,(H6-,40,41,42,43,44,45,46,47,48,52,53,54)/p+1. The van der Waals surface area contributed by atoms with Crippen molar-refractivity contribution in [3.63, 3.8) is 0 Å². The Kier molecular flexibility index (Phi) is 18.8. The van der Waals surface area contributed by atoms with Crippen molar-refractivity contribution >= 4 is 46.7 Å². The zero-order chi connectivity index (χ0) is 42.9. The second kappa shape index (κ2) is 22.2. The van der Waals surface area contributed by atoms with Gasteiger partial charge in [-0.05, 0) is 91.5 Å². The van der Waals surface area contributed by atoms with Crippen molar-refractivity contribution in [3.05, 3.63) is 48.0 Å². The molecule has 0 saturated heterocycles. The molecule has 0 atom stereocenters. The van der Waals surface area contributed by atoms with Gasteiger partial charge in [0.15, 0.2) is 18.4 Å². The molecule has 0 fully saturated rings. The summed E-state index contributed by atoms with van der Waals surface area (Å²) in [6.45, 7) is 11.4. The van der Waals surface area contributed by atoms with Gasteiger partial charge < -0.3 is 47.1 Å². The zero-order valence-electron chi connectivity index (χ0n) is 34.7. The number of aromatic nitrogens is 2. The van der Waals surface area contributed by atoms with E-state index in [0.29, 0.717) is 25.9 Å². The van der Waals surface area contributed by atoms with Gasteiger partial charge in [-0.2, -0.15) is 0 Å². The molecule has 0 spiro atoms. The molecule has 18 nitrogen and oxygen atoms in total. The summed E-state index contributed by atoms with van der Waals surface area (Å²) in [5, 5.41) is 35.1. The van der Waals surface area contributed by atoms with E-state index >= 15 is 0 Å². The smallest absolute Gasteiger partial charge is 0.315 e. The second-order valence-electron chi connectivity index (χ2n) is 16.1. The Morgan fingerprint density at radius 3 is 1.72 bits per heavy atom. The first-order valence-corrected chi connectivity index (χ1v) is 18.9. The van der Waals surface area contributed by atoms with E-state index in [0.717, 1.165) is 0 Å². The van der Waals surface area contributed by atoms with Crippen molar-refractivity contribution in [2.24, 2.45) is 21.7 Å². The summed E-state index contributed by atoms with van der Waals surface area (Å²) in [5.41, 5.74) is 11.5. The summed E-state index contributed by atoms with van der Waals surface area (Å²) >= 11 is 0. The third-order valence-corrected chi connectivity index (χ3v) is 8.76. The van der Waals surface area contributed by atoms with E-state index in [1.807, 2.05) is 27.7 Å². The molecule has 0 saturated carbocycles. The Labute approximate surface area is 335 Å². The van der Waals surface area contributed by atoms with Crippen LogP contribution in [0.25, 0.3) is 0 Å². The van der Waals surface area contributed by atoms with Crippen LogP contribution in [0, 0.1) is 0 Å². The molecule has 9 N–H and O–H groups in total. The second-order valence-corrected chi connectivity index (χ2v) is 16.1. The van der Waals surface area contributed by atoms with Gasteiger partial charge in [0.05, 0.1) is 49.7 Å². The average molecular weight is 800 g/mol. The number of nitrogens with two attached hydrogens (primary N) is 2. The van der Waals surface area contributed by atoms with Crippen LogP contribution in [0.1, 0.15) is 104 Å². The SMILES string of the molecule is CC(C)(CCOC(C)(C)CCO)NC(=O)CCCC(=O)Nc1cccnc1/C(N)=N/N=C(\N)c1ncccc1NC(=O)CCCC(=O)[N+](C)(C)COC(C)(C)CO. The predicted molar refractivity (Wildman–Crippen MR) is 218 cm³/mol. The highest BCUT2D eigenvalue weighted by molar-refractivity contribution is 6.06. The van der Waals surface area contributed by atoms with Crippen molar-refractivity contribution in [1.82, 2.24) is 15.3 Å². The minimum Gasteiger partial charge on any atom is -0.396 e. The van der Waals surface area contributed by atoms with Crippen LogP contribution in [0.4, 0.5) is 11.4 Å². The van der Waals surface area contributed by atoms with Gasteiger partial charge in [0.2, 0.25) is 17.7 Å². The molecule has 0 bridgehead atoms. The fourth-order valence-electron chi connectivity index (χ4n) is 5.04. The number of anilines is 2. The van der Waals surface area contributed by atoms with E-state index in [4.69, 9.17) is 20.9 Å². The van der Waals surface area contributed by atoms with Gasteiger partial charge in [0.1, 0.15) is 11.4 Å². The van der Waals surface area contributed by atoms with Crippen molar-refractivity contribution in [1.29, 1.82) is 0 Å². The molecule has 0 aliphatic rings. The average Bonchev–Trinajstić information content (AvgIpc) is 3.12. The van der Waals surface area contributed by atoms with E-state index in [9.17, 15) is 29.4 Å². The molecule has 0 aromatic carbocycles. The Morgan fingerprint density at radius 1 is 0.737 bits per heavy atom. The molecular weight excluding hydrogens is 736 g/mol. The number of ether oxygens (including phenoxy) is 2. The van der Waals surface area contributed by atoms with Gasteiger partial charge in [0, 0.05) is 50.4 Å². The van der Waals surface area contributed by atoms with Crippen LogP contribution in [-0.4, -0.2) is 117 Å². The normalized spacial score (nSPS) is 12.9. The van der Waals surface area contributed by atoms with Gasteiger partial charge in [-0.25, -0.2) is 9.28 Å². The Balaban J connectivity index is 1.95. The number of nitrogens with zero attached hydrogens (tertiary/aromatic N) is 5. The van der Waals surface area contributed by atoms with Gasteiger partial charge in [-0.15, -0.1) is 10.2 Å². The minimum atomic E-state index is -0.780. The molecule has 4 amide bonds. The first-order valence-electron chi connectivity index (χ1n) is 18.9. The molecule has 2 heterocycles. The number of carbonyl (C=O) groups is 4. The zero-order valence-corrected chi connectivity index (χ0v) is 34.7. The summed E-state index contributed by atoms with van der Waals surface area (Å²) in [7, 11) is 3.41. The number of quaternary nitrogens is 1. The lowest BCUT2D eigenvalue weighted by molar-refractivity contribution is -0.838. The van der Waals surface area contributed by atoms with E-state index < -0.39 is 16.7 Å². The molecule has 2 aromatic rings. The van der Waals surface area contributed by atoms with Crippen LogP contribution in [0.2, 0.25) is 0 Å². The lowest BCUT2D eigenvalue weighted by Crippen LogP contribution is -2.49. The largest absolute Gasteiger partial charge is 0.396 e. The topological polar surface area (TPSA) is 266 Å². The van der Waals surface area contributed by atoms with Gasteiger partial charge in [-0.1, -0.05) is 0 Å². The van der Waals surface area contributed by atoms with Gasteiger partial charge >= 0.3 is 5.91 Å². The molecule has 57 heavy (non-hydrogen) atoms. The third-order valence-electron chi connectivity index (χ3n) is 8.76. The summed E-state index contributed by atoms with van der Waals surface area (Å²) in [6, 6.07) is 6.41. The number of amidine groups is 2. The number of hydrogen-bond donors (Lipinski definition) is 7. The number of aliphatic hydroxyl groups excluding tert-OH is 2. The van der Waals surface area contributed by atoms with Gasteiger partial charge in [-0.3, -0.25) is 24.4 Å². The molecule has 316 valence electrons. The summed E-state index contributed by atoms with van der Waals surface area (Å²) in [4.78, 5) is 59.5. The summed E-state index contributed by atoms with van der Waals surface area (Å²) in [6.07, 6.45) is 4.99. The fourth-order valence-corrected chi connectivity index (χ4v) is 5.04. The van der Waals surface area contributed by atoms with E-state index in [2.05, 4.69) is 36.1 Å². The Morgan fingerprint density at radius 2 is 1.23 bits per heavy atom. The van der Waals surface area contributed by atoms with Crippen molar-refractivity contribution in [2.45, 2.75) is 110 Å². The number of amides is 4. The van der Waals surface area contributed by atoms with Crippen molar-refractivity contribution in [2.75, 3.05) is 51.3 Å². The molecule has 2 rings (SSSR count). The molecule has 0 radical (unpaired) electrons. The maximum absolute atomic E-state index is 12.8. The lowest BCUT2D eigenvalue weighted by Gasteiger charge is -2.31. The van der Waals surface area contributed by atoms with E-state index in [-0.39, 0.29) is 115 Å². The van der Waals surface area contributed by atoms with Crippen LogP contribution in [0.5, 0.6) is 0 Å². The number of aliphatic hydroxyl groups is 2. The summed E-state index contributed by atoms with van der Waals surface area (Å²) in [5.74, 6) is -1.35. The first kappa shape index (κ1) is 48.3. The van der Waals surface area contributed by atoms with Crippen LogP contribution in [0.3, 0.4) is 0 Å². The number of pyridine rings is 2. The number of rotatable bonds is 24. The van der Waals surface area contributed by atoms with Crippen LogP contribution in [-0.2, 0) is 28.7 Å². The van der Waals surface area contributed by atoms with E-state index in [1.165, 1.54) is 12.4 Å². The fraction of sp³-hybridized carbons (Fsp3) is 0.590. The van der Waals surface area contributed by atoms with Crippen LogP contribution in [0.15, 0.2) is 46.9 Å². The highest BCUT2D eigenvalue weighted by Crippen LogP contribution is 2.19. The minimum absolute atomic E-state index is 0.0309. The predicted octanol–water partition coefficient (Wildman–Crippen LogP) is 2.53. The monoisotopic (exact) mass is 799 g/mol. The highest BCUT2D eigenvalue weighted by atomic mass is 16.5. The number of hydrogen-bond acceptors (Lipinski definition) is 12. The van der Waals surface area contributed by atoms with Crippen molar-refractivity contribution in [3.8, 4) is 0 Å². The molecule has 2 aromatic heterocycles. The molecule has 18 heteroatoms. The van der Waals surface area contributed by atoms with Crippen molar-refractivity contribution < 1.29 is 43.3 Å². The lowest BCUT2D eigenvalue weighted by atomic mass is 10.00. The quantitative estimate of drug-likeness (QED) is 0.0266. The Bertz CT molecular complexity index is 1730. The van der Waals surface area contributed by atoms with Gasteiger partial charge in [0.25, 0.3) is 0 Å². The first-order chi connectivity index (χ1) is 26.6.